The highest BCUT2D eigenvalue weighted by Crippen LogP contribution is 2.26. The SMILES string of the molecule is CCn1nnnc1NC(=O)c1cccc2c(Cl)cccc12. The van der Waals surface area contributed by atoms with Gasteiger partial charge in [0.2, 0.25) is 5.95 Å². The van der Waals surface area contributed by atoms with E-state index in [1.165, 1.54) is 4.68 Å². The first-order valence-corrected chi connectivity index (χ1v) is 6.83. The van der Waals surface area contributed by atoms with E-state index in [2.05, 4.69) is 20.8 Å². The largest absolute Gasteiger partial charge is 0.289 e. The summed E-state index contributed by atoms with van der Waals surface area (Å²) in [5.74, 6) is 0.0499. The quantitative estimate of drug-likeness (QED) is 0.807. The first kappa shape index (κ1) is 13.5. The van der Waals surface area contributed by atoms with Gasteiger partial charge in [0.25, 0.3) is 5.91 Å². The summed E-state index contributed by atoms with van der Waals surface area (Å²) in [6, 6.07) is 10.9. The maximum Gasteiger partial charge on any atom is 0.258 e. The smallest absolute Gasteiger partial charge is 0.258 e. The molecule has 0 bridgehead atoms. The van der Waals surface area contributed by atoms with E-state index in [1.807, 2.05) is 25.1 Å². The number of carbonyl (C=O) groups is 1. The molecule has 7 heteroatoms. The van der Waals surface area contributed by atoms with E-state index in [4.69, 9.17) is 11.6 Å². The summed E-state index contributed by atoms with van der Waals surface area (Å²) in [6.07, 6.45) is 0. The molecule has 1 aromatic heterocycles. The van der Waals surface area contributed by atoms with Gasteiger partial charge in [-0.1, -0.05) is 41.0 Å². The lowest BCUT2D eigenvalue weighted by Gasteiger charge is -2.08. The van der Waals surface area contributed by atoms with Crippen molar-refractivity contribution in [1.29, 1.82) is 0 Å². The molecule has 0 saturated heterocycles. The topological polar surface area (TPSA) is 72.7 Å². The van der Waals surface area contributed by atoms with Crippen LogP contribution < -0.4 is 5.32 Å². The minimum atomic E-state index is -0.271. The number of hydrogen-bond donors (Lipinski definition) is 1. The van der Waals surface area contributed by atoms with Crippen LogP contribution in [0.15, 0.2) is 36.4 Å². The molecular formula is C14H12ClN5O. The van der Waals surface area contributed by atoms with E-state index in [0.29, 0.717) is 23.1 Å². The first-order chi connectivity index (χ1) is 10.2. The van der Waals surface area contributed by atoms with Gasteiger partial charge in [0.1, 0.15) is 0 Å². The van der Waals surface area contributed by atoms with E-state index in [9.17, 15) is 4.79 Å². The number of benzene rings is 2. The fourth-order valence-electron chi connectivity index (χ4n) is 2.15. The van der Waals surface area contributed by atoms with Crippen LogP contribution in [0.1, 0.15) is 17.3 Å². The second kappa shape index (κ2) is 5.49. The van der Waals surface area contributed by atoms with Gasteiger partial charge in [-0.15, -0.1) is 0 Å². The average Bonchev–Trinajstić information content (AvgIpc) is 2.94. The zero-order valence-corrected chi connectivity index (χ0v) is 12.0. The third-order valence-electron chi connectivity index (χ3n) is 3.17. The number of fused-ring (bicyclic) bond motifs is 1. The van der Waals surface area contributed by atoms with Gasteiger partial charge in [0.05, 0.1) is 0 Å². The Labute approximate surface area is 125 Å². The van der Waals surface area contributed by atoms with E-state index in [-0.39, 0.29) is 5.91 Å². The van der Waals surface area contributed by atoms with Gasteiger partial charge in [0, 0.05) is 22.5 Å². The van der Waals surface area contributed by atoms with Gasteiger partial charge >= 0.3 is 0 Å². The molecule has 0 spiro atoms. The number of tetrazole rings is 1. The number of aromatic nitrogens is 4. The molecule has 0 radical (unpaired) electrons. The van der Waals surface area contributed by atoms with Gasteiger partial charge < -0.3 is 0 Å². The lowest BCUT2D eigenvalue weighted by Crippen LogP contribution is -2.16. The molecule has 1 amide bonds. The number of halogens is 1. The summed E-state index contributed by atoms with van der Waals surface area (Å²) < 4.78 is 1.51. The highest BCUT2D eigenvalue weighted by atomic mass is 35.5. The fraction of sp³-hybridized carbons (Fsp3) is 0.143. The summed E-state index contributed by atoms with van der Waals surface area (Å²) in [5.41, 5.74) is 0.528. The molecule has 21 heavy (non-hydrogen) atoms. The lowest BCUT2D eigenvalue weighted by molar-refractivity contribution is 0.102. The van der Waals surface area contributed by atoms with Crippen molar-refractivity contribution in [3.63, 3.8) is 0 Å². The van der Waals surface area contributed by atoms with E-state index in [0.717, 1.165) is 10.8 Å². The number of amides is 1. The van der Waals surface area contributed by atoms with E-state index >= 15 is 0 Å². The summed E-state index contributed by atoms with van der Waals surface area (Å²) in [6.45, 7) is 2.47. The number of aryl methyl sites for hydroxylation is 1. The van der Waals surface area contributed by atoms with Crippen LogP contribution in [0, 0.1) is 0 Å². The second-order valence-electron chi connectivity index (χ2n) is 4.41. The molecule has 0 unspecified atom stereocenters. The molecule has 6 nitrogen and oxygen atoms in total. The van der Waals surface area contributed by atoms with Crippen molar-refractivity contribution in [2.45, 2.75) is 13.5 Å². The second-order valence-corrected chi connectivity index (χ2v) is 4.82. The minimum absolute atomic E-state index is 0.271. The minimum Gasteiger partial charge on any atom is -0.289 e. The first-order valence-electron chi connectivity index (χ1n) is 6.45. The third kappa shape index (κ3) is 2.45. The fourth-order valence-corrected chi connectivity index (χ4v) is 2.38. The Morgan fingerprint density at radius 2 is 2.00 bits per heavy atom. The number of carbonyl (C=O) groups excluding carboxylic acids is 1. The molecular weight excluding hydrogens is 290 g/mol. The molecule has 1 heterocycles. The van der Waals surface area contributed by atoms with Gasteiger partial charge in [-0.2, -0.15) is 0 Å². The molecule has 0 saturated carbocycles. The molecule has 2 aromatic carbocycles. The monoisotopic (exact) mass is 301 g/mol. The van der Waals surface area contributed by atoms with Crippen molar-refractivity contribution in [3.8, 4) is 0 Å². The Balaban J connectivity index is 2.01. The van der Waals surface area contributed by atoms with Crippen LogP contribution in [0.5, 0.6) is 0 Å². The van der Waals surface area contributed by atoms with Gasteiger partial charge in [-0.05, 0) is 34.9 Å². The Hall–Kier alpha value is -2.47. The maximum atomic E-state index is 12.4. The van der Waals surface area contributed by atoms with Crippen LogP contribution in [0.2, 0.25) is 5.02 Å². The molecule has 0 fully saturated rings. The Kier molecular flexibility index (Phi) is 3.53. The van der Waals surface area contributed by atoms with Crippen LogP contribution >= 0.6 is 11.6 Å². The zero-order chi connectivity index (χ0) is 14.8. The number of anilines is 1. The van der Waals surface area contributed by atoms with Crippen molar-refractivity contribution >= 4 is 34.2 Å². The van der Waals surface area contributed by atoms with Crippen molar-refractivity contribution in [2.75, 3.05) is 5.32 Å². The van der Waals surface area contributed by atoms with Crippen LogP contribution in [0.25, 0.3) is 10.8 Å². The molecule has 106 valence electrons. The number of hydrogen-bond acceptors (Lipinski definition) is 4. The van der Waals surface area contributed by atoms with Gasteiger partial charge in [-0.25, -0.2) is 4.68 Å². The van der Waals surface area contributed by atoms with Crippen molar-refractivity contribution < 1.29 is 4.79 Å². The van der Waals surface area contributed by atoms with Crippen molar-refractivity contribution in [3.05, 3.63) is 47.0 Å². The average molecular weight is 302 g/mol. The van der Waals surface area contributed by atoms with Gasteiger partial charge in [-0.3, -0.25) is 10.1 Å². The highest BCUT2D eigenvalue weighted by Gasteiger charge is 2.14. The Morgan fingerprint density at radius 1 is 1.24 bits per heavy atom. The molecule has 1 N–H and O–H groups in total. The number of nitrogens with zero attached hydrogens (tertiary/aromatic N) is 4. The van der Waals surface area contributed by atoms with E-state index < -0.39 is 0 Å². The van der Waals surface area contributed by atoms with Crippen LogP contribution in [0.3, 0.4) is 0 Å². The maximum absolute atomic E-state index is 12.4. The molecule has 0 aliphatic heterocycles. The summed E-state index contributed by atoms with van der Waals surface area (Å²) in [5, 5.41) is 16.1. The summed E-state index contributed by atoms with van der Waals surface area (Å²) >= 11 is 6.16. The highest BCUT2D eigenvalue weighted by molar-refractivity contribution is 6.36. The predicted octanol–water partition coefficient (Wildman–Crippen LogP) is 2.75. The zero-order valence-electron chi connectivity index (χ0n) is 11.2. The Bertz CT molecular complexity index is 814. The van der Waals surface area contributed by atoms with Gasteiger partial charge in [0.15, 0.2) is 0 Å². The van der Waals surface area contributed by atoms with Crippen molar-refractivity contribution in [1.82, 2.24) is 20.2 Å². The number of rotatable bonds is 3. The third-order valence-corrected chi connectivity index (χ3v) is 3.50. The van der Waals surface area contributed by atoms with Crippen LogP contribution in [0.4, 0.5) is 5.95 Å². The molecule has 3 rings (SSSR count). The molecule has 3 aromatic rings. The lowest BCUT2D eigenvalue weighted by atomic mass is 10.0. The normalized spacial score (nSPS) is 10.8. The van der Waals surface area contributed by atoms with Crippen molar-refractivity contribution in [2.24, 2.45) is 0 Å². The summed E-state index contributed by atoms with van der Waals surface area (Å²) in [4.78, 5) is 12.4. The summed E-state index contributed by atoms with van der Waals surface area (Å²) in [7, 11) is 0. The van der Waals surface area contributed by atoms with Crippen LogP contribution in [-0.2, 0) is 6.54 Å². The van der Waals surface area contributed by atoms with Crippen LogP contribution in [-0.4, -0.2) is 26.1 Å². The molecule has 0 atom stereocenters. The predicted molar refractivity (Wildman–Crippen MR) is 80.4 cm³/mol. The Morgan fingerprint density at radius 3 is 2.81 bits per heavy atom. The molecule has 0 aliphatic rings. The van der Waals surface area contributed by atoms with E-state index in [1.54, 1.807) is 18.2 Å². The molecule has 0 aliphatic carbocycles. The number of nitrogens with one attached hydrogen (secondary N) is 1. The standard InChI is InChI=1S/C14H12ClN5O/c1-2-20-14(17-18-19-20)16-13(21)11-7-3-6-10-9(11)5-4-8-12(10)15/h3-8H,2H2,1H3,(H,16,17,19,21).